The molecule has 0 unspecified atom stereocenters. The third-order valence-electron chi connectivity index (χ3n) is 10.2. The zero-order chi connectivity index (χ0) is 27.3. The molecular weight excluding hydrogens is 540 g/mol. The van der Waals surface area contributed by atoms with Crippen molar-refractivity contribution in [1.82, 2.24) is 4.72 Å². The highest BCUT2D eigenvalue weighted by atomic mass is 35.5. The number of benzene rings is 2. The second-order valence-electron chi connectivity index (χ2n) is 12.8. The minimum Gasteiger partial charge on any atom is -0.490 e. The summed E-state index contributed by atoms with van der Waals surface area (Å²) in [6, 6.07) is 12.3. The molecule has 2 heterocycles. The molecule has 0 saturated heterocycles. The fourth-order valence-corrected chi connectivity index (χ4v) is 9.10. The lowest BCUT2D eigenvalue weighted by Gasteiger charge is -2.45. The Balaban J connectivity index is 1.27. The number of rotatable bonds is 0. The minimum atomic E-state index is -0.403. The van der Waals surface area contributed by atoms with Crippen LogP contribution in [-0.2, 0) is 11.8 Å². The summed E-state index contributed by atoms with van der Waals surface area (Å²) in [6.07, 6.45) is 13.8. The van der Waals surface area contributed by atoms with Gasteiger partial charge in [0.1, 0.15) is 5.75 Å². The van der Waals surface area contributed by atoms with Crippen LogP contribution < -0.4 is 14.4 Å². The SMILES string of the molecule is O=C1NS[C@@H]2CCC[C@@H](/C=C/[C@H](O)[C@@H]3CC[C@H]3CN3C[C@@]4(CCCc5cc(Cl)ccc54)COc4ccc1cc43)C2. The first-order valence-electron chi connectivity index (χ1n) is 15.1. The van der Waals surface area contributed by atoms with Gasteiger partial charge in [0, 0.05) is 34.3 Å². The molecule has 5 nitrogen and oxygen atoms in total. The fourth-order valence-electron chi connectivity index (χ4n) is 7.88. The number of hydrogen-bond acceptors (Lipinski definition) is 5. The Kier molecular flexibility index (Phi) is 7.30. The molecule has 3 aliphatic carbocycles. The molecule has 0 radical (unpaired) electrons. The van der Waals surface area contributed by atoms with Crippen molar-refractivity contribution < 1.29 is 14.6 Å². The summed E-state index contributed by atoms with van der Waals surface area (Å²) in [6.45, 7) is 2.28. The van der Waals surface area contributed by atoms with Crippen LogP contribution in [0.1, 0.15) is 72.9 Å². The topological polar surface area (TPSA) is 61.8 Å². The molecule has 2 saturated carbocycles. The highest BCUT2D eigenvalue weighted by Gasteiger charge is 2.44. The number of aryl methyl sites for hydroxylation is 1. The highest BCUT2D eigenvalue weighted by molar-refractivity contribution is 7.98. The van der Waals surface area contributed by atoms with E-state index in [1.165, 1.54) is 11.1 Å². The number of fused-ring (bicyclic) bond motifs is 6. The van der Waals surface area contributed by atoms with Crippen molar-refractivity contribution in [3.63, 3.8) is 0 Å². The summed E-state index contributed by atoms with van der Waals surface area (Å²) in [5.41, 5.74) is 4.20. The second-order valence-corrected chi connectivity index (χ2v) is 14.3. The Labute approximate surface area is 246 Å². The quantitative estimate of drug-likeness (QED) is 0.269. The van der Waals surface area contributed by atoms with Crippen LogP contribution in [0, 0.1) is 17.8 Å². The molecular formula is C33H39ClN2O3S. The minimum absolute atomic E-state index is 0.0360. The third kappa shape index (κ3) is 5.05. The molecule has 2 N–H and O–H groups in total. The molecule has 1 amide bonds. The van der Waals surface area contributed by atoms with E-state index < -0.39 is 6.10 Å². The molecule has 7 heteroatoms. The molecule has 2 aromatic rings. The van der Waals surface area contributed by atoms with Gasteiger partial charge in [-0.1, -0.05) is 36.2 Å². The first-order valence-corrected chi connectivity index (χ1v) is 16.4. The number of aliphatic hydroxyl groups is 1. The smallest absolute Gasteiger partial charge is 0.261 e. The van der Waals surface area contributed by atoms with Gasteiger partial charge in [0.05, 0.1) is 18.4 Å². The van der Waals surface area contributed by atoms with E-state index in [9.17, 15) is 9.90 Å². The van der Waals surface area contributed by atoms with E-state index in [1.807, 2.05) is 24.3 Å². The lowest BCUT2D eigenvalue weighted by Crippen LogP contribution is -2.49. The molecule has 2 aliphatic heterocycles. The van der Waals surface area contributed by atoms with E-state index in [-0.39, 0.29) is 17.2 Å². The summed E-state index contributed by atoms with van der Waals surface area (Å²) in [7, 11) is 0. The van der Waals surface area contributed by atoms with Gasteiger partial charge in [0.15, 0.2) is 0 Å². The Hall–Kier alpha value is -2.15. The third-order valence-corrected chi connectivity index (χ3v) is 11.5. The van der Waals surface area contributed by atoms with Crippen molar-refractivity contribution in [3.8, 4) is 5.75 Å². The largest absolute Gasteiger partial charge is 0.490 e. The van der Waals surface area contributed by atoms with Gasteiger partial charge in [0.25, 0.3) is 5.91 Å². The van der Waals surface area contributed by atoms with Crippen molar-refractivity contribution in [1.29, 1.82) is 0 Å². The first-order chi connectivity index (χ1) is 19.5. The monoisotopic (exact) mass is 578 g/mol. The van der Waals surface area contributed by atoms with Crippen LogP contribution in [0.4, 0.5) is 5.69 Å². The highest BCUT2D eigenvalue weighted by Crippen LogP contribution is 2.47. The summed E-state index contributed by atoms with van der Waals surface area (Å²) >= 11 is 7.98. The van der Waals surface area contributed by atoms with Crippen molar-refractivity contribution in [2.24, 2.45) is 17.8 Å². The molecule has 40 heavy (non-hydrogen) atoms. The number of aliphatic hydroxyl groups excluding tert-OH is 1. The van der Waals surface area contributed by atoms with E-state index >= 15 is 0 Å². The van der Waals surface area contributed by atoms with Crippen LogP contribution >= 0.6 is 23.5 Å². The van der Waals surface area contributed by atoms with Gasteiger partial charge in [0.2, 0.25) is 0 Å². The van der Waals surface area contributed by atoms with Gasteiger partial charge in [-0.2, -0.15) is 0 Å². The van der Waals surface area contributed by atoms with Crippen molar-refractivity contribution in [2.75, 3.05) is 24.6 Å². The molecule has 0 aromatic heterocycles. The number of nitrogens with one attached hydrogen (secondary N) is 1. The molecule has 1 spiro atoms. The van der Waals surface area contributed by atoms with E-state index in [0.717, 1.165) is 87.3 Å². The van der Waals surface area contributed by atoms with Crippen LogP contribution in [0.2, 0.25) is 5.02 Å². The van der Waals surface area contributed by atoms with Crippen LogP contribution in [-0.4, -0.2) is 42.1 Å². The van der Waals surface area contributed by atoms with Crippen molar-refractivity contribution >= 4 is 35.1 Å². The van der Waals surface area contributed by atoms with Gasteiger partial charge < -0.3 is 14.7 Å². The maximum Gasteiger partial charge on any atom is 0.261 e. The molecule has 2 aromatic carbocycles. The van der Waals surface area contributed by atoms with Gasteiger partial charge >= 0.3 is 0 Å². The van der Waals surface area contributed by atoms with Crippen LogP contribution in [0.15, 0.2) is 48.6 Å². The lowest BCUT2D eigenvalue weighted by molar-refractivity contribution is 0.0453. The maximum absolute atomic E-state index is 13.4. The Morgan fingerprint density at radius 3 is 2.88 bits per heavy atom. The molecule has 4 bridgehead atoms. The van der Waals surface area contributed by atoms with Crippen LogP contribution in [0.25, 0.3) is 0 Å². The lowest BCUT2D eigenvalue weighted by atomic mass is 9.68. The summed E-state index contributed by atoms with van der Waals surface area (Å²) in [4.78, 5) is 15.8. The summed E-state index contributed by atoms with van der Waals surface area (Å²) < 4.78 is 9.77. The van der Waals surface area contributed by atoms with E-state index in [2.05, 4.69) is 33.9 Å². The standard InChI is InChI=1S/C33H39ClN2O3S/c34-25-9-11-28-22(16-25)4-2-14-33(28)19-36-18-24-7-10-27(24)30(37)12-6-21-3-1-5-26(15-21)40-35-32(38)23-8-13-31(39-20-33)29(36)17-23/h6,8-9,11-13,16-17,21,24,26-27,30,37H,1-5,7,10,14-15,18-20H2,(H,35,38)/b12-6+/t21-,24-,26+,27+,30-,33-/m0/s1. The number of halogens is 1. The van der Waals surface area contributed by atoms with E-state index in [1.54, 1.807) is 11.9 Å². The van der Waals surface area contributed by atoms with Gasteiger partial charge in [-0.3, -0.25) is 9.52 Å². The Morgan fingerprint density at radius 2 is 2.00 bits per heavy atom. The number of anilines is 1. The van der Waals surface area contributed by atoms with E-state index in [0.29, 0.717) is 29.3 Å². The number of carbonyl (C=O) groups is 1. The average molecular weight is 579 g/mol. The molecule has 2 fully saturated rings. The van der Waals surface area contributed by atoms with Crippen LogP contribution in [0.5, 0.6) is 5.75 Å². The van der Waals surface area contributed by atoms with Gasteiger partial charge in [-0.05, 0) is 123 Å². The second kappa shape index (κ2) is 10.9. The predicted molar refractivity (Wildman–Crippen MR) is 162 cm³/mol. The predicted octanol–water partition coefficient (Wildman–Crippen LogP) is 6.71. The maximum atomic E-state index is 13.4. The van der Waals surface area contributed by atoms with E-state index in [4.69, 9.17) is 16.3 Å². The van der Waals surface area contributed by atoms with Gasteiger partial charge in [-0.15, -0.1) is 0 Å². The fraction of sp³-hybridized carbons (Fsp3) is 0.545. The zero-order valence-electron chi connectivity index (χ0n) is 23.0. The molecule has 5 aliphatic rings. The Bertz CT molecular complexity index is 1320. The number of allylic oxidation sites excluding steroid dienone is 1. The Morgan fingerprint density at radius 1 is 1.07 bits per heavy atom. The summed E-state index contributed by atoms with van der Waals surface area (Å²) in [5, 5.41) is 12.4. The number of hydrogen-bond donors (Lipinski definition) is 2. The molecule has 6 atom stereocenters. The number of amides is 1. The molecule has 7 rings (SSSR count). The molecule has 212 valence electrons. The summed E-state index contributed by atoms with van der Waals surface area (Å²) in [5.74, 6) is 1.94. The van der Waals surface area contributed by atoms with Gasteiger partial charge in [-0.25, -0.2) is 0 Å². The normalized spacial score (nSPS) is 34.4. The number of ether oxygens (including phenoxy) is 1. The van der Waals surface area contributed by atoms with Crippen molar-refractivity contribution in [2.45, 2.75) is 74.6 Å². The number of carbonyl (C=O) groups excluding carboxylic acids is 1. The zero-order valence-corrected chi connectivity index (χ0v) is 24.6. The van der Waals surface area contributed by atoms with Crippen molar-refractivity contribution in [3.05, 3.63) is 70.3 Å². The number of nitrogens with zero attached hydrogens (tertiary/aromatic N) is 1. The average Bonchev–Trinajstić information content (AvgIpc) is 3.09. The van der Waals surface area contributed by atoms with Crippen LogP contribution in [0.3, 0.4) is 0 Å². The first kappa shape index (κ1) is 26.7.